The first-order valence-electron chi connectivity index (χ1n) is 13.0. The van der Waals surface area contributed by atoms with E-state index in [1.807, 2.05) is 44.2 Å². The quantitative estimate of drug-likeness (QED) is 0.154. The van der Waals surface area contributed by atoms with Crippen molar-refractivity contribution in [2.75, 3.05) is 0 Å². The number of benzene rings is 3. The number of sulfonamides is 1. The molecule has 0 amide bonds. The number of carbonyl (C=O) groups is 1. The van der Waals surface area contributed by atoms with Crippen molar-refractivity contribution in [3.8, 4) is 5.75 Å². The Balaban J connectivity index is 1.70. The Hall–Kier alpha value is -3.75. The largest absolute Gasteiger partial charge is 0.425 e. The summed E-state index contributed by atoms with van der Waals surface area (Å²) < 4.78 is 40.2. The standard InChI is InChI=1S/C31H33NO6S/c1-5-6-12-26(32-39(35,36)24-15-13-20(2)14-16-24)31(34)38-28-18-21(3)17-27-29(28)22(4)25(30(33)37-27)19-23-10-8-7-9-11-23/h7-11,13-18,26,32H,5-6,12,19H2,1-4H3. The second-order valence-corrected chi connectivity index (χ2v) is 11.6. The van der Waals surface area contributed by atoms with E-state index in [9.17, 15) is 18.0 Å². The van der Waals surface area contributed by atoms with Gasteiger partial charge in [-0.15, -0.1) is 0 Å². The molecule has 7 nitrogen and oxygen atoms in total. The van der Waals surface area contributed by atoms with Crippen molar-refractivity contribution in [1.82, 2.24) is 4.72 Å². The van der Waals surface area contributed by atoms with Gasteiger partial charge in [-0.2, -0.15) is 4.72 Å². The monoisotopic (exact) mass is 547 g/mol. The number of fused-ring (bicyclic) bond motifs is 1. The fraction of sp³-hybridized carbons (Fsp3) is 0.290. The van der Waals surface area contributed by atoms with Crippen molar-refractivity contribution >= 4 is 27.0 Å². The zero-order valence-electron chi connectivity index (χ0n) is 22.6. The van der Waals surface area contributed by atoms with E-state index in [1.165, 1.54) is 12.1 Å². The average Bonchev–Trinajstić information content (AvgIpc) is 2.89. The van der Waals surface area contributed by atoms with Crippen molar-refractivity contribution < 1.29 is 22.4 Å². The van der Waals surface area contributed by atoms with Crippen LogP contribution in [0.3, 0.4) is 0 Å². The normalized spacial score (nSPS) is 12.4. The minimum Gasteiger partial charge on any atom is -0.425 e. The molecule has 1 atom stereocenters. The van der Waals surface area contributed by atoms with Gasteiger partial charge < -0.3 is 9.15 Å². The molecule has 1 aromatic heterocycles. The highest BCUT2D eigenvalue weighted by Gasteiger charge is 2.28. The minimum atomic E-state index is -3.96. The van der Waals surface area contributed by atoms with E-state index in [1.54, 1.807) is 38.1 Å². The Morgan fingerprint density at radius 1 is 0.974 bits per heavy atom. The fourth-order valence-corrected chi connectivity index (χ4v) is 5.73. The number of hydrogen-bond acceptors (Lipinski definition) is 6. The van der Waals surface area contributed by atoms with Crippen LogP contribution in [0, 0.1) is 20.8 Å². The van der Waals surface area contributed by atoms with Crippen LogP contribution in [0.1, 0.15) is 54.0 Å². The molecule has 1 unspecified atom stereocenters. The van der Waals surface area contributed by atoms with Crippen LogP contribution in [0.15, 0.2) is 80.8 Å². The van der Waals surface area contributed by atoms with Gasteiger partial charge in [-0.05, 0) is 68.1 Å². The highest BCUT2D eigenvalue weighted by Crippen LogP contribution is 2.32. The highest BCUT2D eigenvalue weighted by atomic mass is 32.2. The molecule has 0 saturated carbocycles. The number of carbonyl (C=O) groups excluding carboxylic acids is 1. The van der Waals surface area contributed by atoms with Crippen molar-refractivity contribution in [1.29, 1.82) is 0 Å². The molecule has 8 heteroatoms. The third kappa shape index (κ3) is 6.64. The van der Waals surface area contributed by atoms with Crippen molar-refractivity contribution in [2.45, 2.75) is 64.3 Å². The summed E-state index contributed by atoms with van der Waals surface area (Å²) in [4.78, 5) is 26.4. The lowest BCUT2D eigenvalue weighted by atomic mass is 9.98. The topological polar surface area (TPSA) is 103 Å². The number of rotatable bonds is 10. The van der Waals surface area contributed by atoms with Crippen LogP contribution in [-0.2, 0) is 21.2 Å². The second kappa shape index (κ2) is 12.0. The van der Waals surface area contributed by atoms with Gasteiger partial charge in [-0.3, -0.25) is 0 Å². The molecule has 0 radical (unpaired) electrons. The lowest BCUT2D eigenvalue weighted by Gasteiger charge is -2.19. The highest BCUT2D eigenvalue weighted by molar-refractivity contribution is 7.89. The smallest absolute Gasteiger partial charge is 0.340 e. The Morgan fingerprint density at radius 3 is 2.33 bits per heavy atom. The number of esters is 1. The molecule has 4 aromatic rings. The molecule has 4 rings (SSSR count). The van der Waals surface area contributed by atoms with Crippen LogP contribution in [0.25, 0.3) is 11.0 Å². The SMILES string of the molecule is CCCCC(NS(=O)(=O)c1ccc(C)cc1)C(=O)Oc1cc(C)cc2oc(=O)c(Cc3ccccc3)c(C)c12. The van der Waals surface area contributed by atoms with Crippen LogP contribution in [-0.4, -0.2) is 20.4 Å². The third-order valence-electron chi connectivity index (χ3n) is 6.68. The van der Waals surface area contributed by atoms with E-state index in [2.05, 4.69) is 4.72 Å². The molecular formula is C31H33NO6S. The minimum absolute atomic E-state index is 0.0755. The number of ether oxygens (including phenoxy) is 1. The Kier molecular flexibility index (Phi) is 8.67. The fourth-order valence-electron chi connectivity index (χ4n) is 4.51. The summed E-state index contributed by atoms with van der Waals surface area (Å²) in [5.41, 5.74) is 3.59. The first-order valence-corrected chi connectivity index (χ1v) is 14.5. The van der Waals surface area contributed by atoms with Gasteiger partial charge in [0.15, 0.2) is 0 Å². The predicted octanol–water partition coefficient (Wildman–Crippen LogP) is 5.75. The first-order chi connectivity index (χ1) is 18.6. The van der Waals surface area contributed by atoms with Gasteiger partial charge in [-0.25, -0.2) is 18.0 Å². The zero-order chi connectivity index (χ0) is 28.2. The Labute approximate surface area is 228 Å². The van der Waals surface area contributed by atoms with Crippen LogP contribution < -0.4 is 15.1 Å². The lowest BCUT2D eigenvalue weighted by Crippen LogP contribution is -2.43. The maximum absolute atomic E-state index is 13.4. The van der Waals surface area contributed by atoms with E-state index in [0.29, 0.717) is 34.9 Å². The molecule has 0 aliphatic carbocycles. The maximum atomic E-state index is 13.4. The van der Waals surface area contributed by atoms with Crippen molar-refractivity contribution in [3.05, 3.63) is 105 Å². The molecule has 39 heavy (non-hydrogen) atoms. The summed E-state index contributed by atoms with van der Waals surface area (Å²) in [5.74, 6) is -0.497. The molecule has 204 valence electrons. The van der Waals surface area contributed by atoms with E-state index < -0.39 is 27.7 Å². The molecule has 0 saturated heterocycles. The number of aryl methyl sites for hydroxylation is 3. The molecule has 3 aromatic carbocycles. The average molecular weight is 548 g/mol. The summed E-state index contributed by atoms with van der Waals surface area (Å²) in [6.07, 6.45) is 2.04. The van der Waals surface area contributed by atoms with Crippen LogP contribution in [0.2, 0.25) is 0 Å². The van der Waals surface area contributed by atoms with Gasteiger partial charge in [-0.1, -0.05) is 67.8 Å². The third-order valence-corrected chi connectivity index (χ3v) is 8.17. The zero-order valence-corrected chi connectivity index (χ0v) is 23.4. The number of nitrogens with one attached hydrogen (secondary N) is 1. The summed E-state index contributed by atoms with van der Waals surface area (Å²) in [6, 6.07) is 18.3. The van der Waals surface area contributed by atoms with Gasteiger partial charge in [0.05, 0.1) is 10.3 Å². The molecular weight excluding hydrogens is 514 g/mol. The van der Waals surface area contributed by atoms with Crippen molar-refractivity contribution in [3.63, 3.8) is 0 Å². The molecule has 0 aliphatic rings. The number of unbranched alkanes of at least 4 members (excludes halogenated alkanes) is 1. The predicted molar refractivity (Wildman–Crippen MR) is 152 cm³/mol. The van der Waals surface area contributed by atoms with Crippen LogP contribution in [0.4, 0.5) is 0 Å². The summed E-state index contributed by atoms with van der Waals surface area (Å²) in [6.45, 7) is 7.44. The summed E-state index contributed by atoms with van der Waals surface area (Å²) >= 11 is 0. The number of hydrogen-bond donors (Lipinski definition) is 1. The van der Waals surface area contributed by atoms with Gasteiger partial charge in [0, 0.05) is 12.0 Å². The molecule has 1 N–H and O–H groups in total. The Morgan fingerprint density at radius 2 is 1.67 bits per heavy atom. The Bertz CT molecular complexity index is 1640. The molecule has 0 fully saturated rings. The van der Waals surface area contributed by atoms with Crippen LogP contribution in [0.5, 0.6) is 5.75 Å². The maximum Gasteiger partial charge on any atom is 0.340 e. The van der Waals surface area contributed by atoms with Crippen LogP contribution >= 0.6 is 0 Å². The molecule has 0 bridgehead atoms. The van der Waals surface area contributed by atoms with E-state index in [4.69, 9.17) is 9.15 Å². The summed E-state index contributed by atoms with van der Waals surface area (Å²) in [7, 11) is -3.96. The lowest BCUT2D eigenvalue weighted by molar-refractivity contribution is -0.136. The second-order valence-electron chi connectivity index (χ2n) is 9.84. The van der Waals surface area contributed by atoms with Gasteiger partial charge in [0.2, 0.25) is 10.0 Å². The van der Waals surface area contributed by atoms with E-state index in [0.717, 1.165) is 23.1 Å². The summed E-state index contributed by atoms with van der Waals surface area (Å²) in [5, 5.41) is 0.509. The van der Waals surface area contributed by atoms with Gasteiger partial charge >= 0.3 is 11.6 Å². The molecule has 0 aliphatic heterocycles. The molecule has 1 heterocycles. The first kappa shape index (κ1) is 28.3. The van der Waals surface area contributed by atoms with E-state index in [-0.39, 0.29) is 17.1 Å². The van der Waals surface area contributed by atoms with Gasteiger partial charge in [0.1, 0.15) is 17.4 Å². The molecule has 0 spiro atoms. The van der Waals surface area contributed by atoms with Crippen molar-refractivity contribution in [2.24, 2.45) is 0 Å². The van der Waals surface area contributed by atoms with Gasteiger partial charge in [0.25, 0.3) is 0 Å². The van der Waals surface area contributed by atoms with E-state index >= 15 is 0 Å².